The van der Waals surface area contributed by atoms with E-state index < -0.39 is 0 Å². The number of ether oxygens (including phenoxy) is 4. The smallest absolute Gasteiger partial charge is 0.306 e. The molecule has 0 N–H and O–H groups in total. The van der Waals surface area contributed by atoms with E-state index in [2.05, 4.69) is 87.8 Å². The predicted molar refractivity (Wildman–Crippen MR) is 411 cm³/mol. The van der Waals surface area contributed by atoms with Crippen molar-refractivity contribution in [2.24, 2.45) is 0 Å². The highest BCUT2D eigenvalue weighted by Crippen LogP contribution is 2.21. The number of carbonyl (C=O) groups is 6. The lowest BCUT2D eigenvalue weighted by Crippen LogP contribution is -2.31. The summed E-state index contributed by atoms with van der Waals surface area (Å²) in [6.07, 6.45) is 61.1. The molecule has 0 atom stereocenters. The number of thioether (sulfide) groups is 2. The SMILES string of the molecule is CCC/C=C/CCC(CC/C=C/CCC)OC(=O)CCCN(CCCCCC(=O)OC/C=C\CCCCCC)C(=O)SCCN(C)C.CCCCCC/C=C\COC(=O)CCCCCN(CCCC(=O)OC(CCCCCCCC)CCCCCCCC)C(=O)SCCN(C)C. The lowest BCUT2D eigenvalue weighted by molar-refractivity contribution is -0.150. The zero-order valence-corrected chi connectivity index (χ0v) is 65.3. The molecule has 0 aliphatic carbocycles. The van der Waals surface area contributed by atoms with E-state index in [1.54, 1.807) is 0 Å². The van der Waals surface area contributed by atoms with Crippen LogP contribution in [0, 0.1) is 0 Å². The van der Waals surface area contributed by atoms with Crippen LogP contribution in [0.2, 0.25) is 0 Å². The first kappa shape index (κ1) is 94.5. The van der Waals surface area contributed by atoms with Crippen molar-refractivity contribution in [2.75, 3.05) is 92.2 Å². The monoisotopic (exact) mass is 1390 g/mol. The standard InChI is InChI=1S/C41H78N2O5S.C39H70N2O5S/c1-6-9-12-15-18-21-27-36-47-39(44)31-25-22-26-33-43(41(46)49-37-35-42(4)5)34-28-32-40(45)48-38(29-23-19-16-13-10-7-2)30-24-20-17-14-11-8-3;1-6-9-12-15-16-19-25-34-45-37(42)29-23-20-24-31-41(39(44)47-35-33-40(4)5)32-26-30-38(43)46-36(27-21-17-13-10-7-2)28-22-18-14-11-8-3/h21,27,38H,6-20,22-26,28-37H2,1-5H3;13-14,17-19,25,36H,6-12,15-16,20-24,26-35H2,1-5H3/b27-21-;17-13+,18-14+,25-19-. The van der Waals surface area contributed by atoms with E-state index in [9.17, 15) is 28.8 Å². The van der Waals surface area contributed by atoms with Gasteiger partial charge in [-0.1, -0.05) is 242 Å². The van der Waals surface area contributed by atoms with E-state index in [-0.39, 0.29) is 46.6 Å². The summed E-state index contributed by atoms with van der Waals surface area (Å²) in [7, 11) is 8.02. The second-order valence-corrected chi connectivity index (χ2v) is 28.7. The summed E-state index contributed by atoms with van der Waals surface area (Å²) in [5.41, 5.74) is 0. The fraction of sp³-hybridized carbons (Fsp3) is 0.825. The molecule has 16 heteroatoms. The molecule has 0 aliphatic rings. The van der Waals surface area contributed by atoms with Crippen LogP contribution in [0.4, 0.5) is 9.59 Å². The van der Waals surface area contributed by atoms with Gasteiger partial charge in [-0.3, -0.25) is 28.8 Å². The lowest BCUT2D eigenvalue weighted by Gasteiger charge is -2.23. The molecule has 14 nitrogen and oxygen atoms in total. The topological polar surface area (TPSA) is 152 Å². The summed E-state index contributed by atoms with van der Waals surface area (Å²) in [6.45, 7) is 17.9. The summed E-state index contributed by atoms with van der Waals surface area (Å²) in [4.78, 5) is 84.0. The molecule has 96 heavy (non-hydrogen) atoms. The van der Waals surface area contributed by atoms with Crippen molar-refractivity contribution in [3.63, 3.8) is 0 Å². The Labute approximate surface area is 599 Å². The Kier molecular flexibility index (Phi) is 72.9. The maximum Gasteiger partial charge on any atom is 0.306 e. The second kappa shape index (κ2) is 74.1. The van der Waals surface area contributed by atoms with Crippen LogP contribution in [0.15, 0.2) is 48.6 Å². The molecule has 0 saturated carbocycles. The number of nitrogens with zero attached hydrogens (tertiary/aromatic N) is 4. The highest BCUT2D eigenvalue weighted by Gasteiger charge is 2.20. The van der Waals surface area contributed by atoms with E-state index in [4.69, 9.17) is 18.9 Å². The van der Waals surface area contributed by atoms with Crippen LogP contribution >= 0.6 is 23.5 Å². The fourth-order valence-electron chi connectivity index (χ4n) is 10.6. The second-order valence-electron chi connectivity index (χ2n) is 26.7. The van der Waals surface area contributed by atoms with Gasteiger partial charge in [-0.2, -0.15) is 0 Å². The Balaban J connectivity index is 0. The molecule has 0 aromatic heterocycles. The van der Waals surface area contributed by atoms with Crippen molar-refractivity contribution in [1.29, 1.82) is 0 Å². The Morgan fingerprint density at radius 2 is 0.615 bits per heavy atom. The van der Waals surface area contributed by atoms with E-state index in [1.165, 1.54) is 139 Å². The van der Waals surface area contributed by atoms with Crippen molar-refractivity contribution in [1.82, 2.24) is 19.6 Å². The number of rotatable bonds is 66. The zero-order chi connectivity index (χ0) is 71.0. The quantitative estimate of drug-likeness (QED) is 0.0246. The normalized spacial score (nSPS) is 11.7. The molecule has 2 amide bonds. The summed E-state index contributed by atoms with van der Waals surface area (Å²) in [5, 5.41) is 0.122. The molecule has 0 unspecified atom stereocenters. The Morgan fingerprint density at radius 3 is 0.990 bits per heavy atom. The summed E-state index contributed by atoms with van der Waals surface area (Å²) in [5.74, 6) is 0.833. The number of carbonyl (C=O) groups excluding carboxylic acids is 6. The molecular weight excluding hydrogens is 1240 g/mol. The van der Waals surface area contributed by atoms with Gasteiger partial charge in [0.1, 0.15) is 25.4 Å². The molecule has 0 saturated heterocycles. The first-order valence-electron chi connectivity index (χ1n) is 39.1. The van der Waals surface area contributed by atoms with Gasteiger partial charge in [-0.25, -0.2) is 0 Å². The van der Waals surface area contributed by atoms with Crippen molar-refractivity contribution in [2.45, 2.75) is 336 Å². The Morgan fingerprint density at radius 1 is 0.302 bits per heavy atom. The highest BCUT2D eigenvalue weighted by atomic mass is 32.2. The number of hydrogen-bond donors (Lipinski definition) is 0. The first-order chi connectivity index (χ1) is 46.7. The van der Waals surface area contributed by atoms with Gasteiger partial charge in [0.2, 0.25) is 0 Å². The maximum absolute atomic E-state index is 13.1. The van der Waals surface area contributed by atoms with Crippen LogP contribution in [0.1, 0.15) is 324 Å². The fourth-order valence-corrected chi connectivity index (χ4v) is 12.6. The van der Waals surface area contributed by atoms with Gasteiger partial charge in [0.15, 0.2) is 0 Å². The number of hydrogen-bond acceptors (Lipinski definition) is 14. The molecule has 0 bridgehead atoms. The third-order valence-corrected chi connectivity index (χ3v) is 18.4. The van der Waals surface area contributed by atoms with Gasteiger partial charge >= 0.3 is 23.9 Å². The number of amides is 2. The van der Waals surface area contributed by atoms with E-state index in [0.717, 1.165) is 153 Å². The van der Waals surface area contributed by atoms with Gasteiger partial charge in [0.05, 0.1) is 0 Å². The average molecular weight is 1390 g/mol. The molecule has 0 aromatic rings. The van der Waals surface area contributed by atoms with Crippen LogP contribution in [0.5, 0.6) is 0 Å². The summed E-state index contributed by atoms with van der Waals surface area (Å²) in [6, 6.07) is 0. The van der Waals surface area contributed by atoms with Crippen LogP contribution in [-0.2, 0) is 38.1 Å². The molecule has 0 fully saturated rings. The maximum atomic E-state index is 13.1. The molecule has 0 radical (unpaired) electrons. The third-order valence-electron chi connectivity index (χ3n) is 16.7. The van der Waals surface area contributed by atoms with E-state index in [0.29, 0.717) is 77.9 Å². The van der Waals surface area contributed by atoms with Crippen molar-refractivity contribution < 1.29 is 47.7 Å². The number of unbranched alkanes of at least 4 members (excludes halogenated alkanes) is 24. The third kappa shape index (κ3) is 68.9. The largest absolute Gasteiger partial charge is 0.462 e. The summed E-state index contributed by atoms with van der Waals surface area (Å²) >= 11 is 2.68. The average Bonchev–Trinajstić information content (AvgIpc) is 2.48. The van der Waals surface area contributed by atoms with Crippen LogP contribution in [0.3, 0.4) is 0 Å². The van der Waals surface area contributed by atoms with Gasteiger partial charge in [0.25, 0.3) is 10.5 Å². The van der Waals surface area contributed by atoms with Crippen LogP contribution < -0.4 is 0 Å². The zero-order valence-electron chi connectivity index (χ0n) is 63.6. The van der Waals surface area contributed by atoms with Crippen LogP contribution in [0.25, 0.3) is 0 Å². The molecule has 0 spiro atoms. The minimum atomic E-state index is -0.178. The molecular formula is C80H148N4O10S2. The van der Waals surface area contributed by atoms with Gasteiger partial charge in [0, 0.05) is 76.5 Å². The molecule has 0 aromatic carbocycles. The lowest BCUT2D eigenvalue weighted by atomic mass is 10.0. The Bertz CT molecular complexity index is 1900. The van der Waals surface area contributed by atoms with E-state index in [1.807, 2.05) is 50.1 Å². The first-order valence-corrected chi connectivity index (χ1v) is 41.1. The molecule has 0 rings (SSSR count). The number of esters is 4. The van der Waals surface area contributed by atoms with Crippen molar-refractivity contribution >= 4 is 57.9 Å². The van der Waals surface area contributed by atoms with Gasteiger partial charge < -0.3 is 38.5 Å². The van der Waals surface area contributed by atoms with E-state index >= 15 is 0 Å². The van der Waals surface area contributed by atoms with Gasteiger partial charge in [-0.15, -0.1) is 0 Å². The summed E-state index contributed by atoms with van der Waals surface area (Å²) < 4.78 is 22.6. The minimum absolute atomic E-state index is 0.0161. The minimum Gasteiger partial charge on any atom is -0.462 e. The predicted octanol–water partition coefficient (Wildman–Crippen LogP) is 21.8. The Hall–Kier alpha value is -3.60. The van der Waals surface area contributed by atoms with Crippen molar-refractivity contribution in [3.05, 3.63) is 48.6 Å². The molecule has 0 aliphatic heterocycles. The van der Waals surface area contributed by atoms with Gasteiger partial charge in [-0.05, 0) is 157 Å². The number of allylic oxidation sites excluding steroid dienone is 6. The molecule has 0 heterocycles. The van der Waals surface area contributed by atoms with Crippen molar-refractivity contribution in [3.8, 4) is 0 Å². The molecule has 560 valence electrons. The highest BCUT2D eigenvalue weighted by molar-refractivity contribution is 8.13. The van der Waals surface area contributed by atoms with Crippen LogP contribution in [-0.4, -0.2) is 158 Å².